The first-order valence-corrected chi connectivity index (χ1v) is 8.71. The number of hydrogen-bond donors (Lipinski definition) is 2. The maximum Gasteiger partial charge on any atom is 0.221 e. The Labute approximate surface area is 124 Å². The molecule has 3 heteroatoms. The quantitative estimate of drug-likeness (QED) is 0.811. The van der Waals surface area contributed by atoms with Gasteiger partial charge in [0.25, 0.3) is 0 Å². The molecule has 0 aromatic carbocycles. The van der Waals surface area contributed by atoms with E-state index in [1.807, 2.05) is 0 Å². The molecule has 20 heavy (non-hydrogen) atoms. The third-order valence-corrected chi connectivity index (χ3v) is 5.24. The molecule has 0 spiro atoms. The largest absolute Gasteiger partial charge is 0.353 e. The van der Waals surface area contributed by atoms with Gasteiger partial charge in [0.05, 0.1) is 0 Å². The molecule has 1 saturated carbocycles. The average molecular weight is 280 g/mol. The van der Waals surface area contributed by atoms with Gasteiger partial charge in [-0.15, -0.1) is 0 Å². The first kappa shape index (κ1) is 15.8. The van der Waals surface area contributed by atoms with Gasteiger partial charge in [0.1, 0.15) is 0 Å². The molecule has 1 amide bonds. The Balaban J connectivity index is 1.67. The van der Waals surface area contributed by atoms with Gasteiger partial charge in [-0.25, -0.2) is 0 Å². The van der Waals surface area contributed by atoms with Crippen LogP contribution in [0.15, 0.2) is 0 Å². The molecule has 1 saturated heterocycles. The fraction of sp³-hybridized carbons (Fsp3) is 0.941. The number of carbonyl (C=O) groups excluding carboxylic acids is 1. The molecule has 116 valence electrons. The van der Waals surface area contributed by atoms with Crippen LogP contribution in [0.3, 0.4) is 0 Å². The summed E-state index contributed by atoms with van der Waals surface area (Å²) in [6, 6.07) is 0.828. The molecule has 2 atom stereocenters. The second-order valence-corrected chi connectivity index (χ2v) is 6.96. The van der Waals surface area contributed by atoms with Crippen LogP contribution in [0.2, 0.25) is 0 Å². The topological polar surface area (TPSA) is 41.1 Å². The molecule has 2 fully saturated rings. The third-order valence-electron chi connectivity index (χ3n) is 5.24. The molecule has 0 aromatic heterocycles. The lowest BCUT2D eigenvalue weighted by molar-refractivity contribution is -0.123. The van der Waals surface area contributed by atoms with Crippen LogP contribution in [0.5, 0.6) is 0 Å². The van der Waals surface area contributed by atoms with Crippen molar-refractivity contribution in [2.45, 2.75) is 83.7 Å². The van der Waals surface area contributed by atoms with Crippen molar-refractivity contribution < 1.29 is 4.79 Å². The van der Waals surface area contributed by atoms with Crippen LogP contribution >= 0.6 is 0 Å². The monoisotopic (exact) mass is 280 g/mol. The Morgan fingerprint density at radius 1 is 1.20 bits per heavy atom. The van der Waals surface area contributed by atoms with Crippen LogP contribution in [0, 0.1) is 11.8 Å². The Bertz CT molecular complexity index is 297. The number of nitrogens with one attached hydrogen (secondary N) is 2. The molecule has 0 bridgehead atoms. The average Bonchev–Trinajstić information content (AvgIpc) is 2.44. The summed E-state index contributed by atoms with van der Waals surface area (Å²) in [5, 5.41) is 6.77. The Morgan fingerprint density at radius 3 is 2.60 bits per heavy atom. The molecule has 0 radical (unpaired) electrons. The molecule has 2 unspecified atom stereocenters. The summed E-state index contributed by atoms with van der Waals surface area (Å²) < 4.78 is 0. The van der Waals surface area contributed by atoms with Gasteiger partial charge in [-0.1, -0.05) is 26.7 Å². The molecule has 0 aromatic rings. The normalized spacial score (nSPS) is 34.7. The maximum absolute atomic E-state index is 12.2. The first-order valence-electron chi connectivity index (χ1n) is 8.71. The van der Waals surface area contributed by atoms with E-state index in [0.717, 1.165) is 12.5 Å². The van der Waals surface area contributed by atoms with Crippen LogP contribution in [-0.2, 0) is 4.79 Å². The molecular formula is C17H32N2O. The summed E-state index contributed by atoms with van der Waals surface area (Å²) >= 11 is 0. The van der Waals surface area contributed by atoms with E-state index in [9.17, 15) is 4.79 Å². The molecule has 1 heterocycles. The fourth-order valence-electron chi connectivity index (χ4n) is 3.88. The number of amides is 1. The molecule has 3 nitrogen and oxygen atoms in total. The Hall–Kier alpha value is -0.570. The highest BCUT2D eigenvalue weighted by Gasteiger charge is 2.26. The standard InChI is InChI=1S/C17H32N2O/c1-3-5-14-7-9-15(10-8-14)19-17(20)12-16-13(2)6-4-11-18-16/h13-16,18H,3-12H2,1-2H3,(H,19,20). The van der Waals surface area contributed by atoms with Crippen molar-refractivity contribution in [1.82, 2.24) is 10.6 Å². The number of piperidine rings is 1. The SMILES string of the molecule is CCCC1CCC(NC(=O)CC2NCCCC2C)CC1. The molecule has 1 aliphatic carbocycles. The second kappa shape index (κ2) is 8.02. The summed E-state index contributed by atoms with van der Waals surface area (Å²) in [7, 11) is 0. The summed E-state index contributed by atoms with van der Waals surface area (Å²) in [6.07, 6.45) is 10.8. The van der Waals surface area contributed by atoms with Gasteiger partial charge in [-0.05, 0) is 56.9 Å². The van der Waals surface area contributed by atoms with E-state index in [1.54, 1.807) is 0 Å². The summed E-state index contributed by atoms with van der Waals surface area (Å²) in [6.45, 7) is 5.61. The zero-order chi connectivity index (χ0) is 14.4. The summed E-state index contributed by atoms with van der Waals surface area (Å²) in [4.78, 5) is 12.2. The van der Waals surface area contributed by atoms with Crippen molar-refractivity contribution in [2.75, 3.05) is 6.54 Å². The van der Waals surface area contributed by atoms with Crippen LogP contribution in [-0.4, -0.2) is 24.5 Å². The van der Waals surface area contributed by atoms with Gasteiger partial charge in [-0.2, -0.15) is 0 Å². The molecule has 2 rings (SSSR count). The smallest absolute Gasteiger partial charge is 0.221 e. The predicted molar refractivity (Wildman–Crippen MR) is 83.6 cm³/mol. The van der Waals surface area contributed by atoms with Crippen molar-refractivity contribution in [2.24, 2.45) is 11.8 Å². The third kappa shape index (κ3) is 4.76. The van der Waals surface area contributed by atoms with E-state index >= 15 is 0 Å². The van der Waals surface area contributed by atoms with E-state index in [2.05, 4.69) is 24.5 Å². The molecule has 2 aliphatic rings. The van der Waals surface area contributed by atoms with Crippen LogP contribution < -0.4 is 10.6 Å². The summed E-state index contributed by atoms with van der Waals surface area (Å²) in [5.74, 6) is 1.80. The van der Waals surface area contributed by atoms with Gasteiger partial charge < -0.3 is 10.6 Å². The van der Waals surface area contributed by atoms with E-state index in [-0.39, 0.29) is 5.91 Å². The zero-order valence-corrected chi connectivity index (χ0v) is 13.3. The first-order chi connectivity index (χ1) is 9.69. The minimum absolute atomic E-state index is 0.259. The van der Waals surface area contributed by atoms with E-state index in [0.29, 0.717) is 24.4 Å². The van der Waals surface area contributed by atoms with Gasteiger partial charge in [0.15, 0.2) is 0 Å². The lowest BCUT2D eigenvalue weighted by Crippen LogP contribution is -2.45. The highest BCUT2D eigenvalue weighted by molar-refractivity contribution is 5.77. The van der Waals surface area contributed by atoms with Gasteiger partial charge in [0, 0.05) is 18.5 Å². The van der Waals surface area contributed by atoms with E-state index in [4.69, 9.17) is 0 Å². The van der Waals surface area contributed by atoms with E-state index in [1.165, 1.54) is 51.4 Å². The Morgan fingerprint density at radius 2 is 1.95 bits per heavy atom. The van der Waals surface area contributed by atoms with E-state index < -0.39 is 0 Å². The van der Waals surface area contributed by atoms with Crippen LogP contribution in [0.1, 0.15) is 71.6 Å². The lowest BCUT2D eigenvalue weighted by atomic mass is 9.83. The molecule has 2 N–H and O–H groups in total. The molecular weight excluding hydrogens is 248 g/mol. The van der Waals surface area contributed by atoms with Crippen molar-refractivity contribution in [3.8, 4) is 0 Å². The van der Waals surface area contributed by atoms with Crippen molar-refractivity contribution in [3.05, 3.63) is 0 Å². The number of rotatable bonds is 5. The Kier molecular flexibility index (Phi) is 6.34. The second-order valence-electron chi connectivity index (χ2n) is 6.96. The highest BCUT2D eigenvalue weighted by atomic mass is 16.1. The van der Waals surface area contributed by atoms with Crippen LogP contribution in [0.25, 0.3) is 0 Å². The maximum atomic E-state index is 12.2. The van der Waals surface area contributed by atoms with Gasteiger partial charge in [0.2, 0.25) is 5.91 Å². The highest BCUT2D eigenvalue weighted by Crippen LogP contribution is 2.28. The van der Waals surface area contributed by atoms with Crippen molar-refractivity contribution in [1.29, 1.82) is 0 Å². The minimum atomic E-state index is 0.259. The summed E-state index contributed by atoms with van der Waals surface area (Å²) in [5.41, 5.74) is 0. The number of hydrogen-bond acceptors (Lipinski definition) is 2. The van der Waals surface area contributed by atoms with Crippen molar-refractivity contribution >= 4 is 5.91 Å². The van der Waals surface area contributed by atoms with Crippen LogP contribution in [0.4, 0.5) is 0 Å². The van der Waals surface area contributed by atoms with Gasteiger partial charge in [-0.3, -0.25) is 4.79 Å². The number of carbonyl (C=O) groups is 1. The lowest BCUT2D eigenvalue weighted by Gasteiger charge is -2.32. The fourth-order valence-corrected chi connectivity index (χ4v) is 3.88. The van der Waals surface area contributed by atoms with Crippen molar-refractivity contribution in [3.63, 3.8) is 0 Å². The minimum Gasteiger partial charge on any atom is -0.353 e. The predicted octanol–water partition coefficient (Wildman–Crippen LogP) is 3.24. The molecule has 1 aliphatic heterocycles. The van der Waals surface area contributed by atoms with Gasteiger partial charge >= 0.3 is 0 Å². The zero-order valence-electron chi connectivity index (χ0n) is 13.3.